The van der Waals surface area contributed by atoms with Crippen LogP contribution in [0.25, 0.3) is 0 Å². The number of anilines is 1. The number of thioether (sulfide) groups is 1. The highest BCUT2D eigenvalue weighted by Gasteiger charge is 2.40. The van der Waals surface area contributed by atoms with Crippen LogP contribution in [0.4, 0.5) is 5.69 Å². The minimum Gasteiger partial charge on any atom is -0.454 e. The standard InChI is InChI=1S/C22H22N4O4S/c1-14(7-8-15-9-10-17-18(11-15)30-13-29-17)24-25-22(23)31-19-12-20(27)26(21(19)28)16-5-3-2-4-6-16/h2-6,9-11,19H,7-8,12-13H2,1H3,(H2,23,25)/b24-14+. The molecule has 2 aliphatic rings. The van der Waals surface area contributed by atoms with Crippen molar-refractivity contribution in [1.82, 2.24) is 0 Å². The number of imide groups is 1. The van der Waals surface area contributed by atoms with Gasteiger partial charge in [-0.1, -0.05) is 36.0 Å². The lowest BCUT2D eigenvalue weighted by atomic mass is 10.1. The van der Waals surface area contributed by atoms with Crippen LogP contribution >= 0.6 is 11.8 Å². The number of ether oxygens (including phenoxy) is 2. The van der Waals surface area contributed by atoms with E-state index in [2.05, 4.69) is 10.2 Å². The first-order chi connectivity index (χ1) is 15.0. The number of hydrogen-bond donors (Lipinski definition) is 1. The molecule has 0 spiro atoms. The molecule has 0 bridgehead atoms. The average Bonchev–Trinajstić information content (AvgIpc) is 3.34. The summed E-state index contributed by atoms with van der Waals surface area (Å²) in [5.41, 5.74) is 8.44. The second-order valence-electron chi connectivity index (χ2n) is 7.17. The van der Waals surface area contributed by atoms with E-state index >= 15 is 0 Å². The molecule has 8 nitrogen and oxygen atoms in total. The predicted octanol–water partition coefficient (Wildman–Crippen LogP) is 3.10. The van der Waals surface area contributed by atoms with Crippen LogP contribution in [0.1, 0.15) is 25.3 Å². The second kappa shape index (κ2) is 9.22. The quantitative estimate of drug-likeness (QED) is 0.321. The van der Waals surface area contributed by atoms with Gasteiger partial charge in [0.2, 0.25) is 18.6 Å². The molecule has 2 aliphatic heterocycles. The molecule has 2 amide bonds. The SMILES string of the molecule is C/C(CCc1ccc2c(c1)OCO2)=N\N=C(N)SC1CC(=O)N(c2ccccc2)C1=O. The Hall–Kier alpha value is -3.33. The fourth-order valence-electron chi connectivity index (χ4n) is 3.32. The van der Waals surface area contributed by atoms with Crippen molar-refractivity contribution in [3.8, 4) is 11.5 Å². The first-order valence-electron chi connectivity index (χ1n) is 9.85. The van der Waals surface area contributed by atoms with E-state index in [1.54, 1.807) is 24.3 Å². The van der Waals surface area contributed by atoms with Crippen molar-refractivity contribution in [3.63, 3.8) is 0 Å². The molecule has 2 aromatic rings. The summed E-state index contributed by atoms with van der Waals surface area (Å²) in [6.07, 6.45) is 1.56. The molecule has 0 saturated carbocycles. The molecule has 1 saturated heterocycles. The number of hydrogen-bond acceptors (Lipinski definition) is 7. The molecule has 160 valence electrons. The summed E-state index contributed by atoms with van der Waals surface area (Å²) in [6, 6.07) is 14.7. The van der Waals surface area contributed by atoms with Crippen molar-refractivity contribution < 1.29 is 19.1 Å². The largest absolute Gasteiger partial charge is 0.454 e. The van der Waals surface area contributed by atoms with E-state index < -0.39 is 5.25 Å². The molecule has 4 rings (SSSR count). The van der Waals surface area contributed by atoms with Gasteiger partial charge in [0, 0.05) is 12.1 Å². The highest BCUT2D eigenvalue weighted by molar-refractivity contribution is 8.14. The zero-order chi connectivity index (χ0) is 21.8. The molecule has 31 heavy (non-hydrogen) atoms. The molecule has 2 heterocycles. The summed E-state index contributed by atoms with van der Waals surface area (Å²) in [7, 11) is 0. The van der Waals surface area contributed by atoms with Gasteiger partial charge in [-0.15, -0.1) is 5.10 Å². The lowest BCUT2D eigenvalue weighted by Gasteiger charge is -2.14. The van der Waals surface area contributed by atoms with Gasteiger partial charge in [-0.3, -0.25) is 9.59 Å². The maximum absolute atomic E-state index is 12.6. The third-order valence-corrected chi connectivity index (χ3v) is 5.89. The number of amidine groups is 1. The number of amides is 2. The van der Waals surface area contributed by atoms with Crippen LogP contribution in [0.5, 0.6) is 11.5 Å². The van der Waals surface area contributed by atoms with Crippen LogP contribution in [0.3, 0.4) is 0 Å². The third-order valence-electron chi connectivity index (χ3n) is 4.91. The monoisotopic (exact) mass is 438 g/mol. The van der Waals surface area contributed by atoms with Crippen molar-refractivity contribution >= 4 is 40.1 Å². The Morgan fingerprint density at radius 2 is 1.90 bits per heavy atom. The molecule has 0 aromatic heterocycles. The van der Waals surface area contributed by atoms with E-state index in [9.17, 15) is 9.59 Å². The van der Waals surface area contributed by atoms with Crippen LogP contribution in [-0.2, 0) is 16.0 Å². The molecular weight excluding hydrogens is 416 g/mol. The first kappa shape index (κ1) is 20.9. The summed E-state index contributed by atoms with van der Waals surface area (Å²) in [5, 5.41) is 7.76. The lowest BCUT2D eigenvalue weighted by molar-refractivity contribution is -0.121. The maximum Gasteiger partial charge on any atom is 0.247 e. The highest BCUT2D eigenvalue weighted by Crippen LogP contribution is 2.33. The van der Waals surface area contributed by atoms with Gasteiger partial charge in [0.05, 0.1) is 5.69 Å². The van der Waals surface area contributed by atoms with E-state index in [-0.39, 0.29) is 30.2 Å². The molecule has 9 heteroatoms. The number of carbonyl (C=O) groups is 2. The van der Waals surface area contributed by atoms with Crippen molar-refractivity contribution in [2.45, 2.75) is 31.4 Å². The smallest absolute Gasteiger partial charge is 0.247 e. The number of benzene rings is 2. The molecule has 1 fully saturated rings. The van der Waals surface area contributed by atoms with E-state index in [0.29, 0.717) is 12.1 Å². The normalized spacial score (nSPS) is 18.7. The second-order valence-corrected chi connectivity index (χ2v) is 8.40. The summed E-state index contributed by atoms with van der Waals surface area (Å²) in [4.78, 5) is 26.1. The Bertz CT molecular complexity index is 1050. The number of nitrogens with two attached hydrogens (primary N) is 1. The molecular formula is C22H22N4O4S. The summed E-state index contributed by atoms with van der Waals surface area (Å²) >= 11 is 1.07. The Morgan fingerprint density at radius 1 is 1.13 bits per heavy atom. The number of carbonyl (C=O) groups excluding carboxylic acids is 2. The van der Waals surface area contributed by atoms with Gasteiger partial charge in [-0.25, -0.2) is 4.90 Å². The van der Waals surface area contributed by atoms with Gasteiger partial charge >= 0.3 is 0 Å². The zero-order valence-electron chi connectivity index (χ0n) is 17.0. The summed E-state index contributed by atoms with van der Waals surface area (Å²) in [6.45, 7) is 2.12. The van der Waals surface area contributed by atoms with Gasteiger partial charge in [0.25, 0.3) is 0 Å². The van der Waals surface area contributed by atoms with Crippen molar-refractivity contribution in [2.24, 2.45) is 15.9 Å². The number of rotatable bonds is 6. The van der Waals surface area contributed by atoms with Gasteiger partial charge in [0.15, 0.2) is 16.7 Å². The van der Waals surface area contributed by atoms with E-state index in [4.69, 9.17) is 15.2 Å². The summed E-state index contributed by atoms with van der Waals surface area (Å²) < 4.78 is 10.7. The average molecular weight is 439 g/mol. The maximum atomic E-state index is 12.6. The number of para-hydroxylation sites is 1. The predicted molar refractivity (Wildman–Crippen MR) is 121 cm³/mol. The van der Waals surface area contributed by atoms with E-state index in [0.717, 1.165) is 41.0 Å². The van der Waals surface area contributed by atoms with Crippen LogP contribution in [0, 0.1) is 0 Å². The lowest BCUT2D eigenvalue weighted by Crippen LogP contribution is -2.31. The van der Waals surface area contributed by atoms with Crippen LogP contribution in [-0.4, -0.2) is 34.7 Å². The Balaban J connectivity index is 1.32. The minimum atomic E-state index is -0.597. The fraction of sp³-hybridized carbons (Fsp3) is 0.273. The fourth-order valence-corrected chi connectivity index (χ4v) is 4.13. The first-order valence-corrected chi connectivity index (χ1v) is 10.7. The van der Waals surface area contributed by atoms with Gasteiger partial charge < -0.3 is 15.2 Å². The number of nitrogens with zero attached hydrogens (tertiary/aromatic N) is 3. The van der Waals surface area contributed by atoms with Gasteiger partial charge in [-0.05, 0) is 49.6 Å². The Kier molecular flexibility index (Phi) is 6.22. The topological polar surface area (TPSA) is 107 Å². The number of aryl methyl sites for hydroxylation is 1. The Labute approximate surface area is 184 Å². The number of fused-ring (bicyclic) bond motifs is 1. The molecule has 0 radical (unpaired) electrons. The Morgan fingerprint density at radius 3 is 2.71 bits per heavy atom. The van der Waals surface area contributed by atoms with Gasteiger partial charge in [0.1, 0.15) is 5.25 Å². The zero-order valence-corrected chi connectivity index (χ0v) is 17.8. The molecule has 1 unspecified atom stereocenters. The molecule has 1 atom stereocenters. The van der Waals surface area contributed by atoms with Crippen molar-refractivity contribution in [3.05, 3.63) is 54.1 Å². The van der Waals surface area contributed by atoms with Crippen molar-refractivity contribution in [1.29, 1.82) is 0 Å². The highest BCUT2D eigenvalue weighted by atomic mass is 32.2. The minimum absolute atomic E-state index is 0.0847. The van der Waals surface area contributed by atoms with Crippen LogP contribution in [0.2, 0.25) is 0 Å². The van der Waals surface area contributed by atoms with E-state index in [1.165, 1.54) is 4.90 Å². The third kappa shape index (κ3) is 4.88. The van der Waals surface area contributed by atoms with E-state index in [1.807, 2.05) is 31.2 Å². The molecule has 2 aromatic carbocycles. The summed E-state index contributed by atoms with van der Waals surface area (Å²) in [5.74, 6) is 0.980. The molecule has 0 aliphatic carbocycles. The van der Waals surface area contributed by atoms with Crippen molar-refractivity contribution in [2.75, 3.05) is 11.7 Å². The van der Waals surface area contributed by atoms with Crippen LogP contribution in [0.15, 0.2) is 58.7 Å². The van der Waals surface area contributed by atoms with Crippen LogP contribution < -0.4 is 20.1 Å². The molecule has 2 N–H and O–H groups in total. The van der Waals surface area contributed by atoms with Gasteiger partial charge in [-0.2, -0.15) is 5.10 Å².